The summed E-state index contributed by atoms with van der Waals surface area (Å²) in [5, 5.41) is 10.8. The number of benzene rings is 1. The van der Waals surface area contributed by atoms with Crippen LogP contribution in [-0.4, -0.2) is 32.0 Å². The molecular weight excluding hydrogens is 300 g/mol. The largest absolute Gasteiger partial charge is 0.469 e. The van der Waals surface area contributed by atoms with Gasteiger partial charge in [-0.15, -0.1) is 5.10 Å². The van der Waals surface area contributed by atoms with Gasteiger partial charge in [0.05, 0.1) is 17.5 Å². The standard InChI is InChI=1S/C14H12N6O3/c1-9-12(6-7-23-9)14(22)17-16-13(21)10-2-4-11(5-3-10)20-8-15-18-19-20/h2-8H,1H3,(H,16,21)(H,17,22). The Labute approximate surface area is 130 Å². The van der Waals surface area contributed by atoms with Crippen LogP contribution in [0, 0.1) is 6.92 Å². The monoisotopic (exact) mass is 312 g/mol. The van der Waals surface area contributed by atoms with E-state index in [0.29, 0.717) is 22.6 Å². The van der Waals surface area contributed by atoms with E-state index < -0.39 is 11.8 Å². The van der Waals surface area contributed by atoms with Crippen molar-refractivity contribution in [3.05, 3.63) is 59.8 Å². The molecule has 1 aromatic carbocycles. The van der Waals surface area contributed by atoms with Crippen LogP contribution in [0.5, 0.6) is 0 Å². The molecule has 2 amide bonds. The van der Waals surface area contributed by atoms with Crippen molar-refractivity contribution in [1.29, 1.82) is 0 Å². The molecule has 0 saturated carbocycles. The number of carbonyl (C=O) groups is 2. The van der Waals surface area contributed by atoms with E-state index in [1.165, 1.54) is 23.3 Å². The lowest BCUT2D eigenvalue weighted by Gasteiger charge is -2.07. The zero-order valence-corrected chi connectivity index (χ0v) is 12.1. The summed E-state index contributed by atoms with van der Waals surface area (Å²) in [6.45, 7) is 1.66. The fourth-order valence-electron chi connectivity index (χ4n) is 1.92. The van der Waals surface area contributed by atoms with Gasteiger partial charge in [-0.25, -0.2) is 4.68 Å². The summed E-state index contributed by atoms with van der Waals surface area (Å²) in [6.07, 6.45) is 2.85. The topological polar surface area (TPSA) is 115 Å². The SMILES string of the molecule is Cc1occc1C(=O)NNC(=O)c1ccc(-n2cnnn2)cc1. The summed E-state index contributed by atoms with van der Waals surface area (Å²) in [4.78, 5) is 23.9. The predicted molar refractivity (Wildman–Crippen MR) is 77.5 cm³/mol. The predicted octanol–water partition coefficient (Wildman–Crippen LogP) is 0.639. The summed E-state index contributed by atoms with van der Waals surface area (Å²) in [6, 6.07) is 8.10. The van der Waals surface area contributed by atoms with Crippen molar-refractivity contribution in [2.75, 3.05) is 0 Å². The van der Waals surface area contributed by atoms with Crippen LogP contribution in [-0.2, 0) is 0 Å². The molecule has 0 atom stereocenters. The maximum Gasteiger partial charge on any atom is 0.273 e. The van der Waals surface area contributed by atoms with Crippen LogP contribution in [0.1, 0.15) is 26.5 Å². The first-order chi connectivity index (χ1) is 11.1. The molecule has 2 N–H and O–H groups in total. The van der Waals surface area contributed by atoms with E-state index in [2.05, 4.69) is 26.4 Å². The number of tetrazole rings is 1. The van der Waals surface area contributed by atoms with Gasteiger partial charge in [-0.2, -0.15) is 0 Å². The lowest BCUT2D eigenvalue weighted by molar-refractivity contribution is 0.0845. The zero-order chi connectivity index (χ0) is 16.2. The minimum atomic E-state index is -0.449. The Hall–Kier alpha value is -3.49. The molecule has 2 aromatic heterocycles. The Kier molecular flexibility index (Phi) is 3.83. The lowest BCUT2D eigenvalue weighted by atomic mass is 10.2. The van der Waals surface area contributed by atoms with Crippen molar-refractivity contribution in [2.45, 2.75) is 6.92 Å². The molecule has 23 heavy (non-hydrogen) atoms. The smallest absolute Gasteiger partial charge is 0.273 e. The third-order valence-electron chi connectivity index (χ3n) is 3.14. The van der Waals surface area contributed by atoms with Crippen LogP contribution >= 0.6 is 0 Å². The summed E-state index contributed by atoms with van der Waals surface area (Å²) < 4.78 is 6.50. The number of hydrogen-bond acceptors (Lipinski definition) is 6. The Balaban J connectivity index is 1.62. The Bertz CT molecular complexity index is 823. The van der Waals surface area contributed by atoms with E-state index in [-0.39, 0.29) is 0 Å². The quantitative estimate of drug-likeness (QED) is 0.686. The molecule has 0 bridgehead atoms. The number of amides is 2. The highest BCUT2D eigenvalue weighted by atomic mass is 16.3. The van der Waals surface area contributed by atoms with Gasteiger partial charge in [0, 0.05) is 5.56 Å². The average molecular weight is 312 g/mol. The summed E-state index contributed by atoms with van der Waals surface area (Å²) in [5.41, 5.74) is 6.13. The van der Waals surface area contributed by atoms with Gasteiger partial charge in [0.1, 0.15) is 12.1 Å². The first-order valence-electron chi connectivity index (χ1n) is 6.63. The summed E-state index contributed by atoms with van der Waals surface area (Å²) in [5.74, 6) is -0.416. The maximum absolute atomic E-state index is 12.0. The molecule has 0 aliphatic heterocycles. The van der Waals surface area contributed by atoms with Crippen LogP contribution < -0.4 is 10.9 Å². The normalized spacial score (nSPS) is 10.3. The number of hydrogen-bond donors (Lipinski definition) is 2. The molecule has 0 fully saturated rings. The van der Waals surface area contributed by atoms with Crippen molar-refractivity contribution < 1.29 is 14.0 Å². The molecule has 9 nitrogen and oxygen atoms in total. The molecule has 0 aliphatic rings. The molecule has 0 aliphatic carbocycles. The zero-order valence-electron chi connectivity index (χ0n) is 12.1. The molecule has 3 rings (SSSR count). The average Bonchev–Trinajstić information content (AvgIpc) is 3.24. The first kappa shape index (κ1) is 14.4. The van der Waals surface area contributed by atoms with E-state index >= 15 is 0 Å². The van der Waals surface area contributed by atoms with Gasteiger partial charge in [0.25, 0.3) is 11.8 Å². The number of nitrogens with one attached hydrogen (secondary N) is 2. The van der Waals surface area contributed by atoms with Gasteiger partial charge >= 0.3 is 0 Å². The minimum Gasteiger partial charge on any atom is -0.469 e. The number of furan rings is 1. The second kappa shape index (κ2) is 6.10. The van der Waals surface area contributed by atoms with Crippen molar-refractivity contribution in [3.8, 4) is 5.69 Å². The van der Waals surface area contributed by atoms with Gasteiger partial charge in [-0.3, -0.25) is 20.4 Å². The van der Waals surface area contributed by atoms with Crippen molar-refractivity contribution in [2.24, 2.45) is 0 Å². The molecular formula is C14H12N6O3. The molecule has 9 heteroatoms. The third kappa shape index (κ3) is 3.07. The highest BCUT2D eigenvalue weighted by Crippen LogP contribution is 2.09. The van der Waals surface area contributed by atoms with E-state index in [1.54, 1.807) is 31.2 Å². The highest BCUT2D eigenvalue weighted by molar-refractivity contribution is 5.99. The van der Waals surface area contributed by atoms with Crippen molar-refractivity contribution >= 4 is 11.8 Å². The van der Waals surface area contributed by atoms with Crippen molar-refractivity contribution in [3.63, 3.8) is 0 Å². The van der Waals surface area contributed by atoms with E-state index in [1.807, 2.05) is 0 Å². The second-order valence-corrected chi connectivity index (χ2v) is 4.60. The minimum absolute atomic E-state index is 0.360. The van der Waals surface area contributed by atoms with E-state index in [0.717, 1.165) is 0 Å². The maximum atomic E-state index is 12.0. The molecule has 3 aromatic rings. The number of aromatic nitrogens is 4. The molecule has 2 heterocycles. The van der Waals surface area contributed by atoms with Crippen LogP contribution in [0.3, 0.4) is 0 Å². The fraction of sp³-hybridized carbons (Fsp3) is 0.0714. The van der Waals surface area contributed by atoms with E-state index in [4.69, 9.17) is 4.42 Å². The molecule has 116 valence electrons. The first-order valence-corrected chi connectivity index (χ1v) is 6.63. The van der Waals surface area contributed by atoms with Crippen LogP contribution in [0.15, 0.2) is 47.3 Å². The molecule has 0 radical (unpaired) electrons. The number of carbonyl (C=O) groups excluding carboxylic acids is 2. The number of rotatable bonds is 3. The van der Waals surface area contributed by atoms with Gasteiger partial charge in [-0.1, -0.05) is 0 Å². The third-order valence-corrected chi connectivity index (χ3v) is 3.14. The van der Waals surface area contributed by atoms with Crippen LogP contribution in [0.4, 0.5) is 0 Å². The molecule has 0 saturated heterocycles. The number of nitrogens with zero attached hydrogens (tertiary/aromatic N) is 4. The highest BCUT2D eigenvalue weighted by Gasteiger charge is 2.13. The second-order valence-electron chi connectivity index (χ2n) is 4.60. The van der Waals surface area contributed by atoms with Gasteiger partial charge in [0.15, 0.2) is 0 Å². The van der Waals surface area contributed by atoms with Gasteiger partial charge in [0.2, 0.25) is 0 Å². The van der Waals surface area contributed by atoms with Gasteiger partial charge in [-0.05, 0) is 47.7 Å². The summed E-state index contributed by atoms with van der Waals surface area (Å²) >= 11 is 0. The Morgan fingerprint density at radius 1 is 1.09 bits per heavy atom. The fourth-order valence-corrected chi connectivity index (χ4v) is 1.92. The van der Waals surface area contributed by atoms with Crippen LogP contribution in [0.2, 0.25) is 0 Å². The van der Waals surface area contributed by atoms with E-state index in [9.17, 15) is 9.59 Å². The summed E-state index contributed by atoms with van der Waals surface area (Å²) in [7, 11) is 0. The molecule has 0 spiro atoms. The number of aryl methyl sites for hydroxylation is 1. The van der Waals surface area contributed by atoms with Crippen molar-refractivity contribution in [1.82, 2.24) is 31.1 Å². The number of hydrazine groups is 1. The molecule has 0 unspecified atom stereocenters. The van der Waals surface area contributed by atoms with Gasteiger partial charge < -0.3 is 4.42 Å². The lowest BCUT2D eigenvalue weighted by Crippen LogP contribution is -2.41. The Morgan fingerprint density at radius 2 is 1.83 bits per heavy atom. The Morgan fingerprint density at radius 3 is 2.43 bits per heavy atom. The van der Waals surface area contributed by atoms with Crippen LogP contribution in [0.25, 0.3) is 5.69 Å².